The normalized spacial score (nSPS) is 19.2. The number of nitrogens with zero attached hydrogens (tertiary/aromatic N) is 2. The van der Waals surface area contributed by atoms with Crippen molar-refractivity contribution in [3.8, 4) is 0 Å². The molecule has 0 saturated carbocycles. The molecule has 6 nitrogen and oxygen atoms in total. The number of carbonyl (C=O) groups excluding carboxylic acids is 2. The van der Waals surface area contributed by atoms with E-state index in [9.17, 15) is 14.0 Å². The summed E-state index contributed by atoms with van der Waals surface area (Å²) in [5.74, 6) is -0.203. The summed E-state index contributed by atoms with van der Waals surface area (Å²) in [6, 6.07) is 6.44. The minimum Gasteiger partial charge on any atom is -0.466 e. The van der Waals surface area contributed by atoms with E-state index in [2.05, 4.69) is 5.16 Å². The maximum Gasteiger partial charge on any atom is 0.314 e. The molecule has 1 atom stereocenters. The molecule has 1 aliphatic rings. The Hall–Kier alpha value is -2.70. The molecule has 0 unspecified atom stereocenters. The fourth-order valence-electron chi connectivity index (χ4n) is 4.04. The molecule has 1 saturated heterocycles. The lowest BCUT2D eigenvalue weighted by molar-refractivity contribution is -0.160. The van der Waals surface area contributed by atoms with Crippen LogP contribution >= 0.6 is 0 Å². The highest BCUT2D eigenvalue weighted by Crippen LogP contribution is 2.36. The van der Waals surface area contributed by atoms with E-state index in [4.69, 9.17) is 9.26 Å². The predicted octanol–water partition coefficient (Wildman–Crippen LogP) is 3.39. The summed E-state index contributed by atoms with van der Waals surface area (Å²) in [4.78, 5) is 27.6. The van der Waals surface area contributed by atoms with E-state index in [1.54, 1.807) is 43.9 Å². The molecule has 0 aliphatic carbocycles. The van der Waals surface area contributed by atoms with Gasteiger partial charge in [-0.25, -0.2) is 4.39 Å². The summed E-state index contributed by atoms with van der Waals surface area (Å²) in [5, 5.41) is 3.90. The van der Waals surface area contributed by atoms with Crippen LogP contribution in [0.15, 0.2) is 28.8 Å². The SMILES string of the molecule is CCOC(=O)[C@@]1(Cc2ccccc2F)CCCN(C(=O)Cc2c(C)noc2C)C1. The van der Waals surface area contributed by atoms with Crippen LogP contribution in [0.1, 0.15) is 42.3 Å². The van der Waals surface area contributed by atoms with Crippen molar-refractivity contribution in [2.75, 3.05) is 19.7 Å². The Kier molecular flexibility index (Phi) is 6.35. The van der Waals surface area contributed by atoms with Crippen LogP contribution in [0.3, 0.4) is 0 Å². The third-order valence-electron chi connectivity index (χ3n) is 5.63. The fraction of sp³-hybridized carbons (Fsp3) is 0.500. The molecule has 2 aromatic rings. The molecule has 1 aromatic heterocycles. The lowest BCUT2D eigenvalue weighted by atomic mass is 9.74. The first kappa shape index (κ1) is 21.0. The zero-order chi connectivity index (χ0) is 21.0. The highest BCUT2D eigenvalue weighted by Gasteiger charge is 2.45. The zero-order valence-electron chi connectivity index (χ0n) is 17.2. The number of piperidine rings is 1. The number of rotatable bonds is 6. The van der Waals surface area contributed by atoms with Crippen molar-refractivity contribution in [3.05, 3.63) is 52.7 Å². The Labute approximate surface area is 170 Å². The molecule has 2 heterocycles. The molecule has 29 heavy (non-hydrogen) atoms. The monoisotopic (exact) mass is 402 g/mol. The standard InChI is InChI=1S/C22H27FN2O4/c1-4-28-21(27)22(13-17-8-5-6-9-19(17)23)10-7-11-25(14-22)20(26)12-18-15(2)24-29-16(18)3/h5-6,8-9H,4,7,10-14H2,1-3H3/t22-/m1/s1. The molecule has 156 valence electrons. The number of carbonyl (C=O) groups is 2. The summed E-state index contributed by atoms with van der Waals surface area (Å²) >= 11 is 0. The van der Waals surface area contributed by atoms with Crippen molar-refractivity contribution in [1.82, 2.24) is 10.1 Å². The smallest absolute Gasteiger partial charge is 0.314 e. The minimum atomic E-state index is -0.954. The number of aryl methyl sites for hydroxylation is 2. The maximum atomic E-state index is 14.3. The van der Waals surface area contributed by atoms with E-state index in [0.717, 1.165) is 5.56 Å². The number of amides is 1. The van der Waals surface area contributed by atoms with Gasteiger partial charge in [-0.05, 0) is 51.7 Å². The van der Waals surface area contributed by atoms with E-state index in [1.165, 1.54) is 6.07 Å². The Balaban J connectivity index is 1.84. The molecule has 7 heteroatoms. The van der Waals surface area contributed by atoms with Crippen LogP contribution in [0.5, 0.6) is 0 Å². The first-order chi connectivity index (χ1) is 13.9. The van der Waals surface area contributed by atoms with Crippen LogP contribution in [-0.2, 0) is 27.2 Å². The number of aromatic nitrogens is 1. The van der Waals surface area contributed by atoms with Gasteiger partial charge in [0.1, 0.15) is 11.6 Å². The molecule has 0 spiro atoms. The van der Waals surface area contributed by atoms with Crippen LogP contribution in [0.4, 0.5) is 4.39 Å². The molecule has 3 rings (SSSR count). The van der Waals surface area contributed by atoms with Crippen molar-refractivity contribution in [2.45, 2.75) is 46.5 Å². The van der Waals surface area contributed by atoms with E-state index in [1.807, 2.05) is 0 Å². The molecule has 0 N–H and O–H groups in total. The summed E-state index contributed by atoms with van der Waals surface area (Å²) in [5.41, 5.74) is 0.970. The third kappa shape index (κ3) is 4.49. The Morgan fingerprint density at radius 3 is 2.72 bits per heavy atom. The topological polar surface area (TPSA) is 72.6 Å². The summed E-state index contributed by atoms with van der Waals surface area (Å²) in [7, 11) is 0. The van der Waals surface area contributed by atoms with Crippen LogP contribution in [0.2, 0.25) is 0 Å². The number of benzene rings is 1. The first-order valence-corrected chi connectivity index (χ1v) is 9.96. The number of likely N-dealkylation sites (tertiary alicyclic amines) is 1. The van der Waals surface area contributed by atoms with E-state index in [-0.39, 0.29) is 43.7 Å². The molecule has 0 radical (unpaired) electrons. The zero-order valence-corrected chi connectivity index (χ0v) is 17.2. The van der Waals surface area contributed by atoms with Gasteiger partial charge in [0.15, 0.2) is 0 Å². The summed E-state index contributed by atoms with van der Waals surface area (Å²) < 4.78 is 24.8. The third-order valence-corrected chi connectivity index (χ3v) is 5.63. The highest BCUT2D eigenvalue weighted by molar-refractivity contribution is 5.82. The van der Waals surface area contributed by atoms with Gasteiger partial charge in [0, 0.05) is 18.7 Å². The quantitative estimate of drug-likeness (QED) is 0.693. The lowest BCUT2D eigenvalue weighted by Crippen LogP contribution is -2.52. The van der Waals surface area contributed by atoms with Gasteiger partial charge in [0.25, 0.3) is 0 Å². The largest absolute Gasteiger partial charge is 0.466 e. The van der Waals surface area contributed by atoms with Gasteiger partial charge in [-0.3, -0.25) is 9.59 Å². The highest BCUT2D eigenvalue weighted by atomic mass is 19.1. The molecule has 1 aromatic carbocycles. The number of halogens is 1. The first-order valence-electron chi connectivity index (χ1n) is 9.96. The number of hydrogen-bond acceptors (Lipinski definition) is 5. The van der Waals surface area contributed by atoms with Crippen molar-refractivity contribution in [1.29, 1.82) is 0 Å². The average molecular weight is 402 g/mol. The van der Waals surface area contributed by atoms with Crippen molar-refractivity contribution < 1.29 is 23.2 Å². The van der Waals surface area contributed by atoms with Crippen LogP contribution in [0.25, 0.3) is 0 Å². The second-order valence-corrected chi connectivity index (χ2v) is 7.67. The van der Waals surface area contributed by atoms with E-state index in [0.29, 0.717) is 36.4 Å². The molecular weight excluding hydrogens is 375 g/mol. The Morgan fingerprint density at radius 2 is 2.07 bits per heavy atom. The molecule has 0 bridgehead atoms. The van der Waals surface area contributed by atoms with E-state index >= 15 is 0 Å². The molecule has 1 amide bonds. The number of hydrogen-bond donors (Lipinski definition) is 0. The van der Waals surface area contributed by atoms with Crippen LogP contribution < -0.4 is 0 Å². The average Bonchev–Trinajstić information content (AvgIpc) is 3.02. The van der Waals surface area contributed by atoms with Crippen LogP contribution in [-0.4, -0.2) is 41.6 Å². The maximum absolute atomic E-state index is 14.3. The van der Waals surface area contributed by atoms with Crippen molar-refractivity contribution in [2.24, 2.45) is 5.41 Å². The van der Waals surface area contributed by atoms with Crippen molar-refractivity contribution in [3.63, 3.8) is 0 Å². The van der Waals surface area contributed by atoms with Gasteiger partial charge >= 0.3 is 5.97 Å². The van der Waals surface area contributed by atoms with Crippen molar-refractivity contribution >= 4 is 11.9 Å². The van der Waals surface area contributed by atoms with E-state index < -0.39 is 5.41 Å². The molecular formula is C22H27FN2O4. The van der Waals surface area contributed by atoms with Gasteiger partial charge in [-0.15, -0.1) is 0 Å². The van der Waals surface area contributed by atoms with Gasteiger partial charge in [0.2, 0.25) is 5.91 Å². The second kappa shape index (κ2) is 8.76. The summed E-state index contributed by atoms with van der Waals surface area (Å²) in [6.45, 7) is 6.34. The molecule has 1 fully saturated rings. The van der Waals surface area contributed by atoms with Gasteiger partial charge in [-0.2, -0.15) is 0 Å². The Bertz CT molecular complexity index is 875. The molecule has 1 aliphatic heterocycles. The van der Waals surface area contributed by atoms with Crippen LogP contribution in [0, 0.1) is 25.1 Å². The fourth-order valence-corrected chi connectivity index (χ4v) is 4.04. The predicted molar refractivity (Wildman–Crippen MR) is 105 cm³/mol. The number of esters is 1. The second-order valence-electron chi connectivity index (χ2n) is 7.67. The van der Waals surface area contributed by atoms with Gasteiger partial charge < -0.3 is 14.2 Å². The minimum absolute atomic E-state index is 0.0960. The summed E-state index contributed by atoms with van der Waals surface area (Å²) in [6.07, 6.45) is 1.57. The van der Waals surface area contributed by atoms with Gasteiger partial charge in [0.05, 0.1) is 24.1 Å². The lowest BCUT2D eigenvalue weighted by Gasteiger charge is -2.41. The Morgan fingerprint density at radius 1 is 1.31 bits per heavy atom. The number of ether oxygens (including phenoxy) is 1. The van der Waals surface area contributed by atoms with Gasteiger partial charge in [-0.1, -0.05) is 23.4 Å².